The number of hydrogen-bond acceptors (Lipinski definition) is 4. The van der Waals surface area contributed by atoms with Gasteiger partial charge in [-0.2, -0.15) is 9.98 Å². The van der Waals surface area contributed by atoms with E-state index in [0.29, 0.717) is 11.4 Å². The van der Waals surface area contributed by atoms with Crippen LogP contribution in [-0.2, 0) is 30.0 Å². The monoisotopic (exact) mass is 344 g/mol. The van der Waals surface area contributed by atoms with Gasteiger partial charge in [0.1, 0.15) is 0 Å². The van der Waals surface area contributed by atoms with Crippen molar-refractivity contribution in [1.82, 2.24) is 0 Å². The van der Waals surface area contributed by atoms with Crippen molar-refractivity contribution < 1.29 is 30.0 Å². The molecule has 0 saturated heterocycles. The van der Waals surface area contributed by atoms with Gasteiger partial charge in [-0.05, 0) is 24.3 Å². The summed E-state index contributed by atoms with van der Waals surface area (Å²) < 4.78 is 0. The average molecular weight is 345 g/mol. The van der Waals surface area contributed by atoms with Crippen LogP contribution in [0.5, 0.6) is 0 Å². The fraction of sp³-hybridized carbons (Fsp3) is 0. The number of isocyanates is 2. The van der Waals surface area contributed by atoms with Crippen LogP contribution in [0.3, 0.4) is 0 Å². The van der Waals surface area contributed by atoms with E-state index in [2.05, 4.69) is 9.98 Å². The first-order valence-corrected chi connectivity index (χ1v) is 5.12. The predicted molar refractivity (Wildman–Crippen MR) is 68.4 cm³/mol. The summed E-state index contributed by atoms with van der Waals surface area (Å²) in [5.41, 5.74) is 1.29. The van der Waals surface area contributed by atoms with E-state index in [4.69, 9.17) is 0 Å². The van der Waals surface area contributed by atoms with Crippen LogP contribution >= 0.6 is 0 Å². The van der Waals surface area contributed by atoms with Gasteiger partial charge in [-0.25, -0.2) is 9.59 Å². The maximum Gasteiger partial charge on any atom is 0.240 e. The Balaban J connectivity index is 0.000000324. The van der Waals surface area contributed by atoms with E-state index in [0.717, 1.165) is 0 Å². The molecule has 98 valence electrons. The molecular weight excluding hydrogens is 335 g/mol. The molecule has 0 unspecified atom stereocenters. The van der Waals surface area contributed by atoms with Gasteiger partial charge in [-0.3, -0.25) is 0 Å². The molecule has 0 radical (unpaired) electrons. The molecule has 4 nitrogen and oxygen atoms in total. The molecule has 0 N–H and O–H groups in total. The Morgan fingerprint density at radius 2 is 0.947 bits per heavy atom. The van der Waals surface area contributed by atoms with Crippen LogP contribution in [0.15, 0.2) is 70.6 Å². The van der Waals surface area contributed by atoms with Gasteiger partial charge in [-0.1, -0.05) is 36.4 Å². The SMILES string of the molecule is O=C=Nc1ccccc1.O=C=Nc1ccccc1.[Pd]. The molecule has 0 bridgehead atoms. The van der Waals surface area contributed by atoms with Gasteiger partial charge >= 0.3 is 0 Å². The summed E-state index contributed by atoms with van der Waals surface area (Å²) in [5, 5.41) is 0. The molecule has 0 aromatic heterocycles. The van der Waals surface area contributed by atoms with E-state index in [9.17, 15) is 9.59 Å². The third-order valence-corrected chi connectivity index (χ3v) is 1.86. The minimum atomic E-state index is 0. The van der Waals surface area contributed by atoms with Crippen molar-refractivity contribution in [2.24, 2.45) is 9.98 Å². The van der Waals surface area contributed by atoms with Crippen LogP contribution in [-0.4, -0.2) is 12.2 Å². The third-order valence-electron chi connectivity index (χ3n) is 1.86. The Hall–Kier alpha value is -2.14. The van der Waals surface area contributed by atoms with E-state index < -0.39 is 0 Å². The summed E-state index contributed by atoms with van der Waals surface area (Å²) >= 11 is 0. The maximum atomic E-state index is 9.68. The molecule has 19 heavy (non-hydrogen) atoms. The Morgan fingerprint density at radius 3 is 1.21 bits per heavy atom. The Kier molecular flexibility index (Phi) is 9.75. The van der Waals surface area contributed by atoms with E-state index >= 15 is 0 Å². The minimum Gasteiger partial charge on any atom is -0.211 e. The summed E-state index contributed by atoms with van der Waals surface area (Å²) in [5.74, 6) is 0. The zero-order valence-electron chi connectivity index (χ0n) is 9.80. The van der Waals surface area contributed by atoms with Crippen LogP contribution in [0.4, 0.5) is 11.4 Å². The molecule has 2 rings (SSSR count). The summed E-state index contributed by atoms with van der Waals surface area (Å²) in [6.45, 7) is 0. The number of rotatable bonds is 2. The fourth-order valence-electron chi connectivity index (χ4n) is 1.11. The summed E-state index contributed by atoms with van der Waals surface area (Å²) in [7, 11) is 0. The number of nitrogens with zero attached hydrogens (tertiary/aromatic N) is 2. The zero-order valence-corrected chi connectivity index (χ0v) is 11.4. The second-order valence-electron chi connectivity index (χ2n) is 3.08. The normalized spacial score (nSPS) is 7.58. The molecule has 2 aromatic carbocycles. The molecule has 0 atom stereocenters. The molecule has 0 aliphatic rings. The first kappa shape index (κ1) is 16.9. The topological polar surface area (TPSA) is 58.9 Å². The van der Waals surface area contributed by atoms with E-state index in [1.54, 1.807) is 24.3 Å². The standard InChI is InChI=1S/2C7H5NO.Pd/c2*9-6-8-7-4-2-1-3-5-7;/h2*1-5H;. The molecular formula is C14H10N2O2Pd. The number of hydrogen-bond donors (Lipinski definition) is 0. The van der Waals surface area contributed by atoms with Crippen LogP contribution in [0.1, 0.15) is 0 Å². The van der Waals surface area contributed by atoms with Gasteiger partial charge in [0, 0.05) is 20.4 Å². The molecule has 0 aliphatic carbocycles. The van der Waals surface area contributed by atoms with Gasteiger partial charge < -0.3 is 0 Å². The largest absolute Gasteiger partial charge is 0.240 e. The van der Waals surface area contributed by atoms with Crippen molar-refractivity contribution in [3.8, 4) is 0 Å². The first-order valence-electron chi connectivity index (χ1n) is 5.12. The van der Waals surface area contributed by atoms with Gasteiger partial charge in [0.15, 0.2) is 0 Å². The van der Waals surface area contributed by atoms with Gasteiger partial charge in [0.25, 0.3) is 0 Å². The second-order valence-corrected chi connectivity index (χ2v) is 3.08. The van der Waals surface area contributed by atoms with Crippen molar-refractivity contribution in [2.75, 3.05) is 0 Å². The number of para-hydroxylation sites is 2. The number of carbonyl (C=O) groups excluding carboxylic acids is 2. The summed E-state index contributed by atoms with van der Waals surface area (Å²) in [4.78, 5) is 26.2. The van der Waals surface area contributed by atoms with E-state index in [1.807, 2.05) is 36.4 Å². The smallest absolute Gasteiger partial charge is 0.211 e. The third kappa shape index (κ3) is 7.73. The van der Waals surface area contributed by atoms with Crippen LogP contribution in [0, 0.1) is 0 Å². The minimum absolute atomic E-state index is 0. The molecule has 0 spiro atoms. The maximum absolute atomic E-state index is 9.68. The fourth-order valence-corrected chi connectivity index (χ4v) is 1.11. The number of aliphatic imine (C=N–C) groups is 2. The molecule has 5 heteroatoms. The Bertz CT molecular complexity index is 507. The van der Waals surface area contributed by atoms with Crippen LogP contribution in [0.25, 0.3) is 0 Å². The van der Waals surface area contributed by atoms with Crippen molar-refractivity contribution in [3.63, 3.8) is 0 Å². The van der Waals surface area contributed by atoms with E-state index in [-0.39, 0.29) is 20.4 Å². The molecule has 0 saturated carbocycles. The van der Waals surface area contributed by atoms with Gasteiger partial charge in [-0.15, -0.1) is 0 Å². The Morgan fingerprint density at radius 1 is 0.632 bits per heavy atom. The van der Waals surface area contributed by atoms with Gasteiger partial charge in [0.2, 0.25) is 12.2 Å². The van der Waals surface area contributed by atoms with E-state index in [1.165, 1.54) is 12.2 Å². The van der Waals surface area contributed by atoms with Crippen LogP contribution in [0.2, 0.25) is 0 Å². The first-order chi connectivity index (χ1) is 8.86. The van der Waals surface area contributed by atoms with Crippen LogP contribution < -0.4 is 0 Å². The van der Waals surface area contributed by atoms with Crippen molar-refractivity contribution in [2.45, 2.75) is 0 Å². The van der Waals surface area contributed by atoms with Gasteiger partial charge in [0.05, 0.1) is 11.4 Å². The van der Waals surface area contributed by atoms with Crippen molar-refractivity contribution >= 4 is 23.5 Å². The van der Waals surface area contributed by atoms with Crippen molar-refractivity contribution in [1.29, 1.82) is 0 Å². The molecule has 0 fully saturated rings. The summed E-state index contributed by atoms with van der Waals surface area (Å²) in [6, 6.07) is 18.0. The summed E-state index contributed by atoms with van der Waals surface area (Å²) in [6.07, 6.45) is 2.92. The quantitative estimate of drug-likeness (QED) is 0.477. The zero-order chi connectivity index (χ0) is 13.1. The Labute approximate surface area is 124 Å². The van der Waals surface area contributed by atoms with Crippen molar-refractivity contribution in [3.05, 3.63) is 60.7 Å². The average Bonchev–Trinajstić information content (AvgIpc) is 2.43. The molecule has 0 amide bonds. The predicted octanol–water partition coefficient (Wildman–Crippen LogP) is 3.31. The molecule has 0 heterocycles. The molecule has 2 aromatic rings. The second kappa shape index (κ2) is 11.0. The number of benzene rings is 2. The molecule has 0 aliphatic heterocycles.